The van der Waals surface area contributed by atoms with Crippen LogP contribution in [0, 0.1) is 0 Å². The van der Waals surface area contributed by atoms with E-state index in [-0.39, 0.29) is 11.4 Å². The summed E-state index contributed by atoms with van der Waals surface area (Å²) in [6.45, 7) is 8.13. The summed E-state index contributed by atoms with van der Waals surface area (Å²) in [5.41, 5.74) is 7.23. The smallest absolute Gasteiger partial charge is 0.271 e. The van der Waals surface area contributed by atoms with Crippen LogP contribution in [0.1, 0.15) is 72.5 Å². The zero-order valence-electron chi connectivity index (χ0n) is 19.3. The third kappa shape index (κ3) is 3.54. The fourth-order valence-electron chi connectivity index (χ4n) is 5.47. The number of nitrogens with zero attached hydrogens (tertiary/aromatic N) is 2. The third-order valence-electron chi connectivity index (χ3n) is 6.97. The summed E-state index contributed by atoms with van der Waals surface area (Å²) < 4.78 is 8.91. The van der Waals surface area contributed by atoms with Crippen LogP contribution in [0.15, 0.2) is 28.1 Å². The van der Waals surface area contributed by atoms with Crippen LogP contribution in [-0.4, -0.2) is 34.6 Å². The lowest BCUT2D eigenvalue weighted by Crippen LogP contribution is -2.47. The molecule has 1 amide bonds. The molecule has 32 heavy (non-hydrogen) atoms. The summed E-state index contributed by atoms with van der Waals surface area (Å²) in [6.07, 6.45) is 7.36. The molecule has 0 fully saturated rings. The van der Waals surface area contributed by atoms with Crippen molar-refractivity contribution in [3.05, 3.63) is 50.5 Å². The molecule has 0 N–H and O–H groups in total. The second kappa shape index (κ2) is 8.28. The number of methoxy groups -OCH3 is 1. The zero-order chi connectivity index (χ0) is 22.6. The monoisotopic (exact) mass is 514 g/mol. The first-order chi connectivity index (χ1) is 15.3. The SMILES string of the molecule is COc1cc2c(cc1Br)-c1c(C3CC=CS3)c3c(n1CC2)C(=O)N(C(C)(C)C)CCCC3. The Morgan fingerprint density at radius 2 is 1.94 bits per heavy atom. The number of aromatic nitrogens is 1. The van der Waals surface area contributed by atoms with E-state index in [0.717, 1.165) is 61.1 Å². The first-order valence-corrected chi connectivity index (χ1v) is 13.3. The van der Waals surface area contributed by atoms with Crippen molar-refractivity contribution in [2.45, 2.75) is 70.2 Å². The van der Waals surface area contributed by atoms with E-state index in [2.05, 4.69) is 69.8 Å². The fourth-order valence-corrected chi connectivity index (χ4v) is 7.00. The van der Waals surface area contributed by atoms with Gasteiger partial charge in [-0.2, -0.15) is 0 Å². The molecule has 3 aliphatic heterocycles. The Bertz CT molecular complexity index is 1100. The zero-order valence-corrected chi connectivity index (χ0v) is 21.7. The minimum absolute atomic E-state index is 0.191. The Kier molecular flexibility index (Phi) is 5.73. The molecule has 3 aliphatic rings. The summed E-state index contributed by atoms with van der Waals surface area (Å²) in [5.74, 6) is 1.07. The van der Waals surface area contributed by atoms with Gasteiger partial charge in [0, 0.05) is 29.4 Å². The van der Waals surface area contributed by atoms with Gasteiger partial charge < -0.3 is 14.2 Å². The standard InChI is InChI=1S/C26H31BrN2O2S/c1-26(2,3)29-11-6-5-8-17-22(21-9-7-13-32-21)23-18-15-19(27)20(31-4)14-16(18)10-12-28(23)24(17)25(29)30/h7,13-15,21H,5-6,8-12H2,1-4H3. The quantitative estimate of drug-likeness (QED) is 0.444. The van der Waals surface area contributed by atoms with Crippen molar-refractivity contribution in [2.75, 3.05) is 13.7 Å². The summed E-state index contributed by atoms with van der Waals surface area (Å²) in [7, 11) is 1.72. The highest BCUT2D eigenvalue weighted by atomic mass is 79.9. The van der Waals surface area contributed by atoms with Gasteiger partial charge in [0.25, 0.3) is 5.91 Å². The number of amides is 1. The number of benzene rings is 1. The molecule has 1 unspecified atom stereocenters. The number of thioether (sulfide) groups is 1. The summed E-state index contributed by atoms with van der Waals surface area (Å²) >= 11 is 5.61. The molecule has 0 saturated heterocycles. The molecule has 1 atom stereocenters. The van der Waals surface area contributed by atoms with E-state index in [0.29, 0.717) is 5.25 Å². The van der Waals surface area contributed by atoms with E-state index in [1.54, 1.807) is 7.11 Å². The molecule has 5 rings (SSSR count). The molecule has 0 saturated carbocycles. The lowest BCUT2D eigenvalue weighted by Gasteiger charge is -2.37. The molecule has 4 nitrogen and oxygen atoms in total. The van der Waals surface area contributed by atoms with Gasteiger partial charge in [-0.15, -0.1) is 11.8 Å². The highest BCUT2D eigenvalue weighted by molar-refractivity contribution is 9.10. The molecule has 0 radical (unpaired) electrons. The first kappa shape index (κ1) is 22.1. The molecule has 4 heterocycles. The van der Waals surface area contributed by atoms with Crippen molar-refractivity contribution in [1.29, 1.82) is 0 Å². The number of rotatable bonds is 2. The lowest BCUT2D eigenvalue weighted by atomic mass is 9.91. The van der Waals surface area contributed by atoms with Crippen molar-refractivity contribution < 1.29 is 9.53 Å². The van der Waals surface area contributed by atoms with Crippen molar-refractivity contribution in [1.82, 2.24) is 9.47 Å². The predicted molar refractivity (Wildman–Crippen MR) is 136 cm³/mol. The Balaban J connectivity index is 1.78. The highest BCUT2D eigenvalue weighted by Crippen LogP contribution is 2.50. The number of ether oxygens (including phenoxy) is 1. The van der Waals surface area contributed by atoms with E-state index in [1.165, 1.54) is 27.9 Å². The summed E-state index contributed by atoms with van der Waals surface area (Å²) in [5, 5.41) is 2.60. The molecule has 0 aliphatic carbocycles. The third-order valence-corrected chi connectivity index (χ3v) is 8.70. The Hall–Kier alpha value is -1.66. The normalized spacial score (nSPS) is 20.5. The molecule has 0 bridgehead atoms. The Morgan fingerprint density at radius 3 is 2.62 bits per heavy atom. The average molecular weight is 516 g/mol. The fraction of sp³-hybridized carbons (Fsp3) is 0.500. The summed E-state index contributed by atoms with van der Waals surface area (Å²) in [4.78, 5) is 16.2. The number of carbonyl (C=O) groups excluding carboxylic acids is 1. The average Bonchev–Trinajstić information content (AvgIpc) is 3.36. The van der Waals surface area contributed by atoms with Crippen LogP contribution in [0.3, 0.4) is 0 Å². The van der Waals surface area contributed by atoms with Gasteiger partial charge >= 0.3 is 0 Å². The van der Waals surface area contributed by atoms with Gasteiger partial charge in [-0.05, 0) is 103 Å². The predicted octanol–water partition coefficient (Wildman–Crippen LogP) is 6.75. The molecule has 6 heteroatoms. The van der Waals surface area contributed by atoms with Crippen LogP contribution in [0.5, 0.6) is 5.75 Å². The first-order valence-electron chi connectivity index (χ1n) is 11.6. The number of allylic oxidation sites excluding steroid dienone is 1. The van der Waals surface area contributed by atoms with Crippen molar-refractivity contribution in [3.63, 3.8) is 0 Å². The maximum absolute atomic E-state index is 14.1. The largest absolute Gasteiger partial charge is 0.496 e. The summed E-state index contributed by atoms with van der Waals surface area (Å²) in [6, 6.07) is 4.37. The molecule has 1 aromatic carbocycles. The van der Waals surface area contributed by atoms with E-state index in [4.69, 9.17) is 4.74 Å². The van der Waals surface area contributed by atoms with E-state index in [1.807, 2.05) is 11.8 Å². The van der Waals surface area contributed by atoms with Crippen molar-refractivity contribution in [2.24, 2.45) is 0 Å². The van der Waals surface area contributed by atoms with Crippen LogP contribution in [0.2, 0.25) is 0 Å². The minimum Gasteiger partial charge on any atom is -0.496 e. The van der Waals surface area contributed by atoms with E-state index >= 15 is 0 Å². The molecular formula is C26H31BrN2O2S. The van der Waals surface area contributed by atoms with Gasteiger partial charge in [-0.3, -0.25) is 4.79 Å². The van der Waals surface area contributed by atoms with Gasteiger partial charge in [0.2, 0.25) is 0 Å². The molecule has 1 aromatic heterocycles. The minimum atomic E-state index is -0.191. The molecule has 2 aromatic rings. The van der Waals surface area contributed by atoms with Crippen molar-refractivity contribution >= 4 is 33.6 Å². The van der Waals surface area contributed by atoms with Gasteiger partial charge in [0.1, 0.15) is 11.4 Å². The van der Waals surface area contributed by atoms with Gasteiger partial charge in [0.15, 0.2) is 0 Å². The maximum Gasteiger partial charge on any atom is 0.271 e. The highest BCUT2D eigenvalue weighted by Gasteiger charge is 2.39. The number of hydrogen-bond donors (Lipinski definition) is 0. The second-order valence-corrected chi connectivity index (χ2v) is 11.9. The lowest BCUT2D eigenvalue weighted by molar-refractivity contribution is 0.0558. The Labute approximate surface area is 203 Å². The topological polar surface area (TPSA) is 34.5 Å². The molecular weight excluding hydrogens is 484 g/mol. The maximum atomic E-state index is 14.1. The van der Waals surface area contributed by atoms with Gasteiger partial charge in [-0.1, -0.05) is 6.08 Å². The number of hydrogen-bond acceptors (Lipinski definition) is 3. The van der Waals surface area contributed by atoms with E-state index in [9.17, 15) is 4.79 Å². The molecule has 170 valence electrons. The van der Waals surface area contributed by atoms with Crippen LogP contribution in [-0.2, 0) is 19.4 Å². The number of aryl methyl sites for hydroxylation is 1. The number of fused-ring (bicyclic) bond motifs is 5. The van der Waals surface area contributed by atoms with Crippen LogP contribution in [0.25, 0.3) is 11.3 Å². The molecule has 0 spiro atoms. The Morgan fingerprint density at radius 1 is 1.12 bits per heavy atom. The van der Waals surface area contributed by atoms with Gasteiger partial charge in [-0.25, -0.2) is 0 Å². The van der Waals surface area contributed by atoms with Crippen molar-refractivity contribution in [3.8, 4) is 17.0 Å². The van der Waals surface area contributed by atoms with E-state index < -0.39 is 0 Å². The number of carbonyl (C=O) groups is 1. The van der Waals surface area contributed by atoms with Crippen LogP contribution < -0.4 is 4.74 Å². The van der Waals surface area contributed by atoms with Gasteiger partial charge in [0.05, 0.1) is 17.3 Å². The number of halogens is 1. The van der Waals surface area contributed by atoms with Crippen LogP contribution >= 0.6 is 27.7 Å². The second-order valence-electron chi connectivity index (χ2n) is 9.95. The van der Waals surface area contributed by atoms with Crippen LogP contribution in [0.4, 0.5) is 0 Å².